The van der Waals surface area contributed by atoms with Gasteiger partial charge in [0.25, 0.3) is 0 Å². The lowest BCUT2D eigenvalue weighted by molar-refractivity contribution is -0.121. The molecule has 0 unspecified atom stereocenters. The molecule has 18 heavy (non-hydrogen) atoms. The van der Waals surface area contributed by atoms with Gasteiger partial charge in [-0.15, -0.1) is 11.3 Å². The average molecular weight is 270 g/mol. The number of rotatable bonds is 6. The second-order valence-corrected chi connectivity index (χ2v) is 6.16. The number of hydrogen-bond acceptors (Lipinski definition) is 4. The molecular formula is C13H22N2O2S. The molecule has 0 aliphatic carbocycles. The van der Waals surface area contributed by atoms with Crippen LogP contribution in [0.5, 0.6) is 0 Å². The van der Waals surface area contributed by atoms with Crippen LogP contribution in [0.25, 0.3) is 0 Å². The first-order chi connectivity index (χ1) is 8.43. The number of aryl methyl sites for hydroxylation is 1. The lowest BCUT2D eigenvalue weighted by Gasteiger charge is -2.14. The minimum Gasteiger partial charge on any atom is -0.383 e. The Morgan fingerprint density at radius 1 is 1.50 bits per heavy atom. The molecule has 4 nitrogen and oxygen atoms in total. The van der Waals surface area contributed by atoms with Gasteiger partial charge in [0.15, 0.2) is 0 Å². The predicted molar refractivity (Wildman–Crippen MR) is 74.0 cm³/mol. The normalized spacial score (nSPS) is 11.6. The van der Waals surface area contributed by atoms with Crippen molar-refractivity contribution in [2.24, 2.45) is 0 Å². The molecule has 0 aromatic carbocycles. The maximum atomic E-state index is 11.5. The van der Waals surface area contributed by atoms with Gasteiger partial charge >= 0.3 is 0 Å². The van der Waals surface area contributed by atoms with Crippen LogP contribution in [0.3, 0.4) is 0 Å². The van der Waals surface area contributed by atoms with Crippen LogP contribution in [0.1, 0.15) is 37.9 Å². The monoisotopic (exact) mass is 270 g/mol. The van der Waals surface area contributed by atoms with Gasteiger partial charge < -0.3 is 10.1 Å². The summed E-state index contributed by atoms with van der Waals surface area (Å²) in [5.41, 5.74) is 1.18. The third-order valence-corrected chi connectivity index (χ3v) is 3.42. The minimum absolute atomic E-state index is 0.0551. The van der Waals surface area contributed by atoms with Gasteiger partial charge in [-0.25, -0.2) is 4.98 Å². The number of nitrogens with one attached hydrogen (secondary N) is 1. The van der Waals surface area contributed by atoms with E-state index in [9.17, 15) is 4.79 Å². The number of carbonyl (C=O) groups is 1. The molecule has 0 fully saturated rings. The molecule has 0 saturated carbocycles. The van der Waals surface area contributed by atoms with Gasteiger partial charge in [0.2, 0.25) is 5.91 Å². The Morgan fingerprint density at radius 2 is 2.22 bits per heavy atom. The van der Waals surface area contributed by atoms with E-state index < -0.39 is 0 Å². The smallest absolute Gasteiger partial charge is 0.220 e. The van der Waals surface area contributed by atoms with Gasteiger partial charge in [0, 0.05) is 37.3 Å². The fourth-order valence-electron chi connectivity index (χ4n) is 1.37. The first-order valence-corrected chi connectivity index (χ1v) is 7.02. The zero-order valence-electron chi connectivity index (χ0n) is 11.6. The highest BCUT2D eigenvalue weighted by Gasteiger charge is 2.17. The minimum atomic E-state index is 0.0551. The van der Waals surface area contributed by atoms with Crippen molar-refractivity contribution in [2.45, 2.75) is 39.0 Å². The van der Waals surface area contributed by atoms with Gasteiger partial charge in [0.1, 0.15) is 0 Å². The van der Waals surface area contributed by atoms with Crippen molar-refractivity contribution < 1.29 is 9.53 Å². The number of hydrogen-bond donors (Lipinski definition) is 1. The molecule has 0 spiro atoms. The van der Waals surface area contributed by atoms with Crippen LogP contribution >= 0.6 is 11.3 Å². The van der Waals surface area contributed by atoms with Gasteiger partial charge in [-0.1, -0.05) is 20.8 Å². The molecule has 1 N–H and O–H groups in total. The van der Waals surface area contributed by atoms with E-state index in [1.54, 1.807) is 18.4 Å². The Balaban J connectivity index is 2.35. The summed E-state index contributed by atoms with van der Waals surface area (Å²) in [6, 6.07) is 0. The lowest BCUT2D eigenvalue weighted by atomic mass is 9.93. The van der Waals surface area contributed by atoms with Crippen LogP contribution in [-0.2, 0) is 21.4 Å². The number of carbonyl (C=O) groups excluding carboxylic acids is 1. The predicted octanol–water partition coefficient (Wildman–Crippen LogP) is 2.14. The van der Waals surface area contributed by atoms with Crippen molar-refractivity contribution in [3.05, 3.63) is 16.1 Å². The number of aromatic nitrogens is 1. The van der Waals surface area contributed by atoms with Crippen molar-refractivity contribution in [1.82, 2.24) is 10.3 Å². The fraction of sp³-hybridized carbons (Fsp3) is 0.692. The van der Waals surface area contributed by atoms with Crippen LogP contribution in [0.15, 0.2) is 5.38 Å². The van der Waals surface area contributed by atoms with Gasteiger partial charge in [-0.05, 0) is 0 Å². The molecule has 0 atom stereocenters. The van der Waals surface area contributed by atoms with Crippen LogP contribution in [0.4, 0.5) is 0 Å². The number of thiazole rings is 1. The molecule has 1 amide bonds. The molecule has 0 aliphatic rings. The third-order valence-electron chi connectivity index (χ3n) is 2.51. The Hall–Kier alpha value is -0.940. The highest BCUT2D eigenvalue weighted by atomic mass is 32.1. The molecular weight excluding hydrogens is 248 g/mol. The average Bonchev–Trinajstić information content (AvgIpc) is 2.75. The molecule has 1 aromatic heterocycles. The molecule has 0 radical (unpaired) electrons. The third kappa shape index (κ3) is 5.14. The Labute approximate surface area is 113 Å². The topological polar surface area (TPSA) is 51.2 Å². The molecule has 102 valence electrons. The van der Waals surface area contributed by atoms with Gasteiger partial charge in [-0.3, -0.25) is 4.79 Å². The van der Waals surface area contributed by atoms with E-state index >= 15 is 0 Å². The van der Waals surface area contributed by atoms with Crippen LogP contribution < -0.4 is 5.32 Å². The largest absolute Gasteiger partial charge is 0.383 e. The van der Waals surface area contributed by atoms with E-state index in [1.807, 2.05) is 0 Å². The standard InChI is InChI=1S/C13H22N2O2S/c1-13(2,3)10-9-18-12(15-10)6-5-11(16)14-7-8-17-4/h9H,5-8H2,1-4H3,(H,14,16). The second kappa shape index (κ2) is 6.85. The first kappa shape index (κ1) is 15.1. The van der Waals surface area contributed by atoms with Gasteiger partial charge in [0.05, 0.1) is 17.3 Å². The number of methoxy groups -OCH3 is 1. The Kier molecular flexibility index (Phi) is 5.75. The lowest BCUT2D eigenvalue weighted by Crippen LogP contribution is -2.27. The molecule has 1 rings (SSSR count). The van der Waals surface area contributed by atoms with Crippen molar-refractivity contribution >= 4 is 17.2 Å². The number of ether oxygens (including phenoxy) is 1. The summed E-state index contributed by atoms with van der Waals surface area (Å²) in [6.07, 6.45) is 1.19. The maximum absolute atomic E-state index is 11.5. The zero-order valence-corrected chi connectivity index (χ0v) is 12.4. The second-order valence-electron chi connectivity index (χ2n) is 5.22. The summed E-state index contributed by atoms with van der Waals surface area (Å²) < 4.78 is 4.87. The summed E-state index contributed by atoms with van der Waals surface area (Å²) >= 11 is 1.63. The molecule has 5 heteroatoms. The van der Waals surface area contributed by atoms with E-state index in [2.05, 4.69) is 36.5 Å². The fourth-order valence-corrected chi connectivity index (χ4v) is 2.40. The van der Waals surface area contributed by atoms with Crippen molar-refractivity contribution in [1.29, 1.82) is 0 Å². The molecule has 1 aromatic rings. The Morgan fingerprint density at radius 3 is 2.78 bits per heavy atom. The summed E-state index contributed by atoms with van der Waals surface area (Å²) in [5.74, 6) is 0.0551. The SMILES string of the molecule is COCCNC(=O)CCc1nc(C(C)(C)C)cs1. The van der Waals surface area contributed by atoms with E-state index in [0.717, 1.165) is 10.7 Å². The van der Waals surface area contributed by atoms with Crippen LogP contribution in [-0.4, -0.2) is 31.2 Å². The molecule has 0 bridgehead atoms. The summed E-state index contributed by atoms with van der Waals surface area (Å²) in [6.45, 7) is 7.55. The summed E-state index contributed by atoms with van der Waals surface area (Å²) in [7, 11) is 1.62. The van der Waals surface area contributed by atoms with E-state index in [1.165, 1.54) is 0 Å². The van der Waals surface area contributed by atoms with Crippen LogP contribution in [0, 0.1) is 0 Å². The highest BCUT2D eigenvalue weighted by molar-refractivity contribution is 7.09. The van der Waals surface area contributed by atoms with E-state index in [-0.39, 0.29) is 11.3 Å². The molecule has 0 saturated heterocycles. The quantitative estimate of drug-likeness (QED) is 0.806. The summed E-state index contributed by atoms with van der Waals surface area (Å²) in [5, 5.41) is 5.91. The van der Waals surface area contributed by atoms with E-state index in [4.69, 9.17) is 4.74 Å². The Bertz CT molecular complexity index is 383. The number of nitrogens with zero attached hydrogens (tertiary/aromatic N) is 1. The van der Waals surface area contributed by atoms with Gasteiger partial charge in [-0.2, -0.15) is 0 Å². The first-order valence-electron chi connectivity index (χ1n) is 6.14. The number of amides is 1. The highest BCUT2D eigenvalue weighted by Crippen LogP contribution is 2.24. The van der Waals surface area contributed by atoms with Crippen LogP contribution in [0.2, 0.25) is 0 Å². The molecule has 1 heterocycles. The molecule has 0 aliphatic heterocycles. The van der Waals surface area contributed by atoms with Crippen molar-refractivity contribution in [3.8, 4) is 0 Å². The zero-order chi connectivity index (χ0) is 13.6. The van der Waals surface area contributed by atoms with Crippen molar-refractivity contribution in [2.75, 3.05) is 20.3 Å². The summed E-state index contributed by atoms with van der Waals surface area (Å²) in [4.78, 5) is 16.1. The van der Waals surface area contributed by atoms with E-state index in [0.29, 0.717) is 26.0 Å². The van der Waals surface area contributed by atoms with Crippen molar-refractivity contribution in [3.63, 3.8) is 0 Å². The maximum Gasteiger partial charge on any atom is 0.220 e.